The molecule has 2 nitrogen and oxygen atoms in total. The van der Waals surface area contributed by atoms with Crippen molar-refractivity contribution in [2.24, 2.45) is 0 Å². The van der Waals surface area contributed by atoms with Crippen molar-refractivity contribution >= 4 is 38.5 Å². The first-order chi connectivity index (χ1) is 4.22. The molecule has 4 heteroatoms. The highest BCUT2D eigenvalue weighted by atomic mass is 127. The first kappa shape index (κ1) is 7.27. The molecule has 0 aromatic carbocycles. The maximum atomic E-state index is 8.99. The Kier molecular flexibility index (Phi) is 2.29. The fourth-order valence-electron chi connectivity index (χ4n) is 0.409. The van der Waals surface area contributed by atoms with Gasteiger partial charge < -0.3 is 5.11 Å². The Morgan fingerprint density at radius 2 is 2.22 bits per heavy atom. The molecule has 0 fully saturated rings. The Morgan fingerprint density at radius 3 is 2.67 bits per heavy atom. The SMILES string of the molecule is Oc1cncc(I)c1Br. The maximum absolute atomic E-state index is 8.99. The highest BCUT2D eigenvalue weighted by molar-refractivity contribution is 14.1. The summed E-state index contributed by atoms with van der Waals surface area (Å²) < 4.78 is 1.62. The van der Waals surface area contributed by atoms with Gasteiger partial charge in [-0.3, -0.25) is 4.98 Å². The van der Waals surface area contributed by atoms with Gasteiger partial charge in [-0.25, -0.2) is 0 Å². The van der Waals surface area contributed by atoms with Crippen molar-refractivity contribution in [1.82, 2.24) is 4.98 Å². The molecule has 0 radical (unpaired) electrons. The van der Waals surface area contributed by atoms with E-state index in [1.807, 2.05) is 0 Å². The number of halogens is 2. The van der Waals surface area contributed by atoms with Crippen LogP contribution in [-0.4, -0.2) is 10.1 Å². The molecule has 1 rings (SSSR count). The van der Waals surface area contributed by atoms with Crippen LogP contribution in [0.1, 0.15) is 0 Å². The fraction of sp³-hybridized carbons (Fsp3) is 0. The number of aromatic nitrogens is 1. The minimum absolute atomic E-state index is 0.182. The van der Waals surface area contributed by atoms with Crippen molar-refractivity contribution in [3.8, 4) is 5.75 Å². The molecule has 0 aliphatic carbocycles. The van der Waals surface area contributed by atoms with Crippen LogP contribution < -0.4 is 0 Å². The Labute approximate surface area is 74.6 Å². The summed E-state index contributed by atoms with van der Waals surface area (Å²) in [5.41, 5.74) is 0. The van der Waals surface area contributed by atoms with Crippen LogP contribution in [-0.2, 0) is 0 Å². The third-order valence-corrected chi connectivity index (χ3v) is 3.21. The van der Waals surface area contributed by atoms with E-state index in [1.165, 1.54) is 6.20 Å². The predicted octanol–water partition coefficient (Wildman–Crippen LogP) is 2.15. The Morgan fingerprint density at radius 1 is 1.56 bits per heavy atom. The van der Waals surface area contributed by atoms with Gasteiger partial charge >= 0.3 is 0 Å². The number of hydrogen-bond acceptors (Lipinski definition) is 2. The van der Waals surface area contributed by atoms with Gasteiger partial charge in [0.05, 0.1) is 10.7 Å². The molecular weight excluding hydrogens is 297 g/mol. The lowest BCUT2D eigenvalue weighted by Gasteiger charge is -1.95. The molecule has 0 aliphatic rings. The largest absolute Gasteiger partial charge is 0.505 e. The van der Waals surface area contributed by atoms with Crippen LogP contribution in [0.25, 0.3) is 0 Å². The van der Waals surface area contributed by atoms with Crippen molar-refractivity contribution in [2.45, 2.75) is 0 Å². The number of rotatable bonds is 0. The van der Waals surface area contributed by atoms with Crippen molar-refractivity contribution in [3.05, 3.63) is 20.4 Å². The third kappa shape index (κ3) is 1.54. The summed E-state index contributed by atoms with van der Waals surface area (Å²) >= 11 is 5.26. The molecule has 0 atom stereocenters. The summed E-state index contributed by atoms with van der Waals surface area (Å²) in [6.07, 6.45) is 3.07. The zero-order valence-corrected chi connectivity index (χ0v) is 8.05. The van der Waals surface area contributed by atoms with Crippen LogP contribution in [0.2, 0.25) is 0 Å². The van der Waals surface area contributed by atoms with Gasteiger partial charge in [0.1, 0.15) is 5.75 Å². The lowest BCUT2D eigenvalue weighted by molar-refractivity contribution is 0.468. The highest BCUT2D eigenvalue weighted by Crippen LogP contribution is 2.26. The van der Waals surface area contributed by atoms with Gasteiger partial charge in [-0.2, -0.15) is 0 Å². The fourth-order valence-corrected chi connectivity index (χ4v) is 1.05. The monoisotopic (exact) mass is 299 g/mol. The van der Waals surface area contributed by atoms with Gasteiger partial charge in [-0.05, 0) is 38.5 Å². The second-order valence-corrected chi connectivity index (χ2v) is 3.41. The van der Waals surface area contributed by atoms with E-state index in [-0.39, 0.29) is 5.75 Å². The predicted molar refractivity (Wildman–Crippen MR) is 46.3 cm³/mol. The lowest BCUT2D eigenvalue weighted by atomic mass is 10.5. The Hall–Kier alpha value is 0.160. The number of nitrogens with zero attached hydrogens (tertiary/aromatic N) is 1. The molecule has 1 aromatic heterocycles. The summed E-state index contributed by atoms with van der Waals surface area (Å²) in [7, 11) is 0. The average molecular weight is 300 g/mol. The lowest BCUT2D eigenvalue weighted by Crippen LogP contribution is -1.77. The summed E-state index contributed by atoms with van der Waals surface area (Å²) in [4.78, 5) is 3.76. The molecule has 1 heterocycles. The van der Waals surface area contributed by atoms with Gasteiger partial charge in [0, 0.05) is 9.77 Å². The van der Waals surface area contributed by atoms with Gasteiger partial charge in [-0.1, -0.05) is 0 Å². The zero-order chi connectivity index (χ0) is 6.85. The molecule has 0 spiro atoms. The minimum atomic E-state index is 0.182. The number of aromatic hydroxyl groups is 1. The average Bonchev–Trinajstić information content (AvgIpc) is 1.83. The second-order valence-electron chi connectivity index (χ2n) is 1.45. The molecule has 0 amide bonds. The van der Waals surface area contributed by atoms with E-state index in [0.29, 0.717) is 4.47 Å². The van der Waals surface area contributed by atoms with E-state index in [1.54, 1.807) is 6.20 Å². The first-order valence-electron chi connectivity index (χ1n) is 2.20. The van der Waals surface area contributed by atoms with E-state index >= 15 is 0 Å². The number of pyridine rings is 1. The molecule has 1 N–H and O–H groups in total. The number of hydrogen-bond donors (Lipinski definition) is 1. The Balaban J connectivity index is 3.25. The molecule has 48 valence electrons. The smallest absolute Gasteiger partial charge is 0.149 e. The molecule has 0 saturated carbocycles. The molecule has 0 bridgehead atoms. The standard InChI is InChI=1S/C5H3BrINO/c6-5-3(7)1-8-2-4(5)9/h1-2,9H. The summed E-state index contributed by atoms with van der Waals surface area (Å²) in [5, 5.41) is 8.99. The summed E-state index contributed by atoms with van der Waals surface area (Å²) in [6, 6.07) is 0. The quantitative estimate of drug-likeness (QED) is 0.745. The molecule has 1 aromatic rings. The van der Waals surface area contributed by atoms with E-state index in [0.717, 1.165) is 3.57 Å². The van der Waals surface area contributed by atoms with Gasteiger partial charge in [0.25, 0.3) is 0 Å². The van der Waals surface area contributed by atoms with Crippen LogP contribution in [0.4, 0.5) is 0 Å². The van der Waals surface area contributed by atoms with Crippen molar-refractivity contribution in [3.63, 3.8) is 0 Å². The van der Waals surface area contributed by atoms with E-state index in [4.69, 9.17) is 5.11 Å². The van der Waals surface area contributed by atoms with Crippen LogP contribution in [0, 0.1) is 3.57 Å². The van der Waals surface area contributed by atoms with Crippen molar-refractivity contribution in [1.29, 1.82) is 0 Å². The van der Waals surface area contributed by atoms with Gasteiger partial charge in [0.15, 0.2) is 0 Å². The van der Waals surface area contributed by atoms with Crippen LogP contribution in [0.15, 0.2) is 16.9 Å². The normalized spacial score (nSPS) is 9.56. The molecule has 0 unspecified atom stereocenters. The highest BCUT2D eigenvalue weighted by Gasteiger charge is 1.99. The van der Waals surface area contributed by atoms with Crippen LogP contribution >= 0.6 is 38.5 Å². The third-order valence-electron chi connectivity index (χ3n) is 0.819. The summed E-state index contributed by atoms with van der Waals surface area (Å²) in [6.45, 7) is 0. The van der Waals surface area contributed by atoms with Crippen molar-refractivity contribution in [2.75, 3.05) is 0 Å². The van der Waals surface area contributed by atoms with Crippen molar-refractivity contribution < 1.29 is 5.11 Å². The Bertz CT molecular complexity index is 208. The minimum Gasteiger partial charge on any atom is -0.505 e. The van der Waals surface area contributed by atoms with Crippen LogP contribution in [0.3, 0.4) is 0 Å². The molecule has 9 heavy (non-hydrogen) atoms. The first-order valence-corrected chi connectivity index (χ1v) is 4.07. The summed E-state index contributed by atoms with van der Waals surface area (Å²) in [5.74, 6) is 0.182. The van der Waals surface area contributed by atoms with E-state index in [9.17, 15) is 0 Å². The van der Waals surface area contributed by atoms with E-state index < -0.39 is 0 Å². The van der Waals surface area contributed by atoms with Gasteiger partial charge in [-0.15, -0.1) is 0 Å². The maximum Gasteiger partial charge on any atom is 0.149 e. The van der Waals surface area contributed by atoms with E-state index in [2.05, 4.69) is 43.5 Å². The zero-order valence-electron chi connectivity index (χ0n) is 4.31. The topological polar surface area (TPSA) is 33.1 Å². The molecule has 0 aliphatic heterocycles. The molecule has 0 saturated heterocycles. The molecular formula is C5H3BrINO. The van der Waals surface area contributed by atoms with Gasteiger partial charge in [0.2, 0.25) is 0 Å². The second kappa shape index (κ2) is 2.83. The van der Waals surface area contributed by atoms with Crippen LogP contribution in [0.5, 0.6) is 5.75 Å².